The first-order valence-corrected chi connectivity index (χ1v) is 6.95. The maximum Gasteiger partial charge on any atom is 0.433 e. The van der Waals surface area contributed by atoms with Gasteiger partial charge in [0, 0.05) is 0 Å². The molecule has 1 aromatic carbocycles. The van der Waals surface area contributed by atoms with Crippen LogP contribution >= 0.6 is 0 Å². The van der Waals surface area contributed by atoms with Crippen molar-refractivity contribution in [2.24, 2.45) is 5.73 Å². The monoisotopic (exact) mass is 288 g/mol. The van der Waals surface area contributed by atoms with Crippen LogP contribution in [-0.2, 0) is 5.41 Å². The summed E-state index contributed by atoms with van der Waals surface area (Å²) in [5.41, 5.74) is 8.33. The van der Waals surface area contributed by atoms with Gasteiger partial charge < -0.3 is 10.2 Å². The van der Waals surface area contributed by atoms with E-state index in [1.54, 1.807) is 6.07 Å². The first-order valence-electron chi connectivity index (χ1n) is 6.95. The van der Waals surface area contributed by atoms with Crippen molar-refractivity contribution >= 4 is 5.88 Å². The quantitative estimate of drug-likeness (QED) is 0.667. The third-order valence-electron chi connectivity index (χ3n) is 4.03. The molecule has 0 aliphatic carbocycles. The molecule has 0 aliphatic rings. The van der Waals surface area contributed by atoms with Crippen LogP contribution in [0.1, 0.15) is 50.1 Å². The molecule has 1 aromatic heterocycles. The molecule has 2 rings (SSSR count). The minimum atomic E-state index is -0.566. The van der Waals surface area contributed by atoms with Gasteiger partial charge in [-0.2, -0.15) is 0 Å². The van der Waals surface area contributed by atoms with Gasteiger partial charge in [-0.15, -0.1) is 0 Å². The fourth-order valence-corrected chi connectivity index (χ4v) is 2.12. The van der Waals surface area contributed by atoms with Gasteiger partial charge in [0.1, 0.15) is 10.7 Å². The van der Waals surface area contributed by atoms with E-state index in [1.165, 1.54) is 11.6 Å². The molecule has 0 fully saturated rings. The van der Waals surface area contributed by atoms with Crippen molar-refractivity contribution in [1.29, 1.82) is 0 Å². The molecule has 112 valence electrons. The molecule has 1 atom stereocenters. The van der Waals surface area contributed by atoms with E-state index in [0.717, 1.165) is 12.0 Å². The van der Waals surface area contributed by atoms with E-state index in [2.05, 4.69) is 32.9 Å². The zero-order valence-electron chi connectivity index (χ0n) is 12.5. The minimum absolute atomic E-state index is 0.117. The number of hydrogen-bond donors (Lipinski definition) is 1. The predicted octanol–water partition coefficient (Wildman–Crippen LogP) is 3.92. The molecule has 0 spiro atoms. The summed E-state index contributed by atoms with van der Waals surface area (Å²) >= 11 is 0. The lowest BCUT2D eigenvalue weighted by Crippen LogP contribution is -2.16. The van der Waals surface area contributed by atoms with Crippen molar-refractivity contribution in [1.82, 2.24) is 0 Å². The summed E-state index contributed by atoms with van der Waals surface area (Å²) in [7, 11) is 0. The molecule has 0 saturated heterocycles. The van der Waals surface area contributed by atoms with Gasteiger partial charge in [0.25, 0.3) is 0 Å². The van der Waals surface area contributed by atoms with Crippen LogP contribution in [0.3, 0.4) is 0 Å². The molecule has 0 bridgehead atoms. The standard InChI is InChI=1S/C16H20N2O3/c1-4-16(2,3)12-7-5-11(6-8-12)15(17)13-9-10-14(21-13)18(19)20/h5-10,15H,4,17H2,1-3H3. The molecule has 2 N–H and O–H groups in total. The Kier molecular flexibility index (Phi) is 4.14. The lowest BCUT2D eigenvalue weighted by Gasteiger charge is -2.23. The van der Waals surface area contributed by atoms with E-state index in [1.807, 2.05) is 12.1 Å². The maximum absolute atomic E-state index is 10.6. The Morgan fingerprint density at radius 2 is 1.86 bits per heavy atom. The lowest BCUT2D eigenvalue weighted by atomic mass is 9.82. The molecular weight excluding hydrogens is 268 g/mol. The Morgan fingerprint density at radius 1 is 1.24 bits per heavy atom. The lowest BCUT2D eigenvalue weighted by molar-refractivity contribution is -0.402. The van der Waals surface area contributed by atoms with Crippen LogP contribution in [0.4, 0.5) is 5.88 Å². The molecule has 1 heterocycles. The third kappa shape index (κ3) is 3.13. The summed E-state index contributed by atoms with van der Waals surface area (Å²) in [5, 5.41) is 10.6. The summed E-state index contributed by atoms with van der Waals surface area (Å²) in [6.07, 6.45) is 1.04. The highest BCUT2D eigenvalue weighted by Gasteiger charge is 2.20. The van der Waals surface area contributed by atoms with Crippen LogP contribution in [0.5, 0.6) is 0 Å². The topological polar surface area (TPSA) is 82.3 Å². The van der Waals surface area contributed by atoms with Gasteiger partial charge in [0.15, 0.2) is 0 Å². The van der Waals surface area contributed by atoms with Crippen molar-refractivity contribution < 1.29 is 9.34 Å². The van der Waals surface area contributed by atoms with Gasteiger partial charge in [-0.1, -0.05) is 45.0 Å². The van der Waals surface area contributed by atoms with E-state index in [4.69, 9.17) is 10.2 Å². The molecule has 5 heteroatoms. The van der Waals surface area contributed by atoms with E-state index in [-0.39, 0.29) is 11.3 Å². The Labute approximate surface area is 123 Å². The molecule has 5 nitrogen and oxygen atoms in total. The molecule has 1 unspecified atom stereocenters. The fraction of sp³-hybridized carbons (Fsp3) is 0.375. The minimum Gasteiger partial charge on any atom is -0.404 e. The number of hydrogen-bond acceptors (Lipinski definition) is 4. The number of benzene rings is 1. The number of rotatable bonds is 5. The van der Waals surface area contributed by atoms with Gasteiger partial charge in [-0.05, 0) is 29.0 Å². The molecule has 0 aliphatic heterocycles. The molecular formula is C16H20N2O3. The number of nitrogens with zero attached hydrogens (tertiary/aromatic N) is 1. The maximum atomic E-state index is 10.6. The van der Waals surface area contributed by atoms with E-state index in [9.17, 15) is 10.1 Å². The van der Waals surface area contributed by atoms with E-state index in [0.29, 0.717) is 5.76 Å². The highest BCUT2D eigenvalue weighted by molar-refractivity contribution is 5.33. The van der Waals surface area contributed by atoms with Crippen molar-refractivity contribution in [3.63, 3.8) is 0 Å². The Morgan fingerprint density at radius 3 is 2.33 bits per heavy atom. The highest BCUT2D eigenvalue weighted by Crippen LogP contribution is 2.29. The highest BCUT2D eigenvalue weighted by atomic mass is 16.6. The third-order valence-corrected chi connectivity index (χ3v) is 4.03. The second-order valence-electron chi connectivity index (χ2n) is 5.77. The van der Waals surface area contributed by atoms with Gasteiger partial charge in [0.05, 0.1) is 12.1 Å². The first-order chi connectivity index (χ1) is 9.85. The summed E-state index contributed by atoms with van der Waals surface area (Å²) < 4.78 is 5.16. The van der Waals surface area contributed by atoms with Crippen molar-refractivity contribution in [2.75, 3.05) is 0 Å². The second kappa shape index (κ2) is 5.69. The zero-order chi connectivity index (χ0) is 15.6. The average Bonchev–Trinajstić information content (AvgIpc) is 2.96. The largest absolute Gasteiger partial charge is 0.433 e. The zero-order valence-corrected chi connectivity index (χ0v) is 12.5. The summed E-state index contributed by atoms with van der Waals surface area (Å²) in [4.78, 5) is 10.1. The number of nitro groups is 1. The fourth-order valence-electron chi connectivity index (χ4n) is 2.12. The number of nitrogens with two attached hydrogens (primary N) is 1. The summed E-state index contributed by atoms with van der Waals surface area (Å²) in [5.74, 6) is 0.105. The second-order valence-corrected chi connectivity index (χ2v) is 5.77. The number of furan rings is 1. The molecule has 0 amide bonds. The van der Waals surface area contributed by atoms with Crippen LogP contribution in [-0.4, -0.2) is 4.92 Å². The normalized spacial score (nSPS) is 13.1. The SMILES string of the molecule is CCC(C)(C)c1ccc(C(N)c2ccc([N+](=O)[O-])o2)cc1. The van der Waals surface area contributed by atoms with Gasteiger partial charge in [-0.25, -0.2) is 0 Å². The van der Waals surface area contributed by atoms with Crippen LogP contribution < -0.4 is 5.73 Å². The molecule has 2 aromatic rings. The average molecular weight is 288 g/mol. The first kappa shape index (κ1) is 15.3. The Balaban J connectivity index is 2.23. The smallest absolute Gasteiger partial charge is 0.404 e. The summed E-state index contributed by atoms with van der Waals surface area (Å²) in [6, 6.07) is 10.4. The van der Waals surface area contributed by atoms with Crippen molar-refractivity contribution in [3.8, 4) is 0 Å². The van der Waals surface area contributed by atoms with Gasteiger partial charge in [-0.3, -0.25) is 10.1 Å². The molecule has 21 heavy (non-hydrogen) atoms. The van der Waals surface area contributed by atoms with E-state index >= 15 is 0 Å². The van der Waals surface area contributed by atoms with Crippen molar-refractivity contribution in [2.45, 2.75) is 38.6 Å². The van der Waals surface area contributed by atoms with Crippen LogP contribution in [0.2, 0.25) is 0 Å². The van der Waals surface area contributed by atoms with Crippen LogP contribution in [0, 0.1) is 10.1 Å². The van der Waals surface area contributed by atoms with Gasteiger partial charge in [0.2, 0.25) is 0 Å². The summed E-state index contributed by atoms with van der Waals surface area (Å²) in [6.45, 7) is 6.54. The Hall–Kier alpha value is -2.14. The van der Waals surface area contributed by atoms with Crippen LogP contribution in [0.25, 0.3) is 0 Å². The van der Waals surface area contributed by atoms with Crippen molar-refractivity contribution in [3.05, 3.63) is 63.4 Å². The van der Waals surface area contributed by atoms with Gasteiger partial charge >= 0.3 is 5.88 Å². The van der Waals surface area contributed by atoms with E-state index < -0.39 is 11.0 Å². The molecule has 0 radical (unpaired) electrons. The van der Waals surface area contributed by atoms with Crippen LogP contribution in [0.15, 0.2) is 40.8 Å². The Bertz CT molecular complexity index is 629. The molecule has 0 saturated carbocycles. The predicted molar refractivity (Wildman–Crippen MR) is 81.2 cm³/mol.